The SMILES string of the molecule is CN1C(=O)c2c(nn(Cc3ccc(-c4cccc(F)n4)cc3)c2Cl)N2C1=N[C@@H]1CCC[C@@H]12.CN1C(=O)c2c(nn(Cc3ccc(-c4cccc(F)n4)cc3)c2Nc2ccccc2)N2C1=N[C@@H]1CCC[C@@H]12.CN1C(=O)c2c(nn(Cc3ccc(-c4cccc(F)n4)cc3)c2Nc2ccccc2)N2C1=N[C@@H]1CCC[C@@H]12.O=[P+]([O-])OO.O=[P+]([O-])OO.[HH].[HH]. The third-order valence-corrected chi connectivity index (χ3v) is 22.4. The molecule has 0 spiro atoms. The number of carbonyl (C=O) groups is 3. The number of aliphatic imine (C=N–C) groups is 3. The molecule has 37 heteroatoms. The molecule has 6 aliphatic heterocycles. The fourth-order valence-corrected chi connectivity index (χ4v) is 16.6. The lowest BCUT2D eigenvalue weighted by Crippen LogP contribution is -2.51. The summed E-state index contributed by atoms with van der Waals surface area (Å²) < 4.78 is 69.3. The Morgan fingerprint density at radius 1 is 0.432 bits per heavy atom. The number of rotatable bonds is 15. The molecule has 9 aliphatic rings. The van der Waals surface area contributed by atoms with E-state index in [1.165, 1.54) is 18.2 Å². The van der Waals surface area contributed by atoms with Crippen LogP contribution in [0, 0.1) is 17.8 Å². The van der Waals surface area contributed by atoms with Crippen LogP contribution < -0.4 is 35.1 Å². The highest BCUT2D eigenvalue weighted by atomic mass is 35.5. The Kier molecular flexibility index (Phi) is 22.9. The van der Waals surface area contributed by atoms with Crippen molar-refractivity contribution < 1.29 is 69.2 Å². The molecule has 12 heterocycles. The average Bonchev–Trinajstić information content (AvgIpc) is 1.58. The van der Waals surface area contributed by atoms with E-state index in [2.05, 4.69) is 49.6 Å². The predicted molar refractivity (Wildman–Crippen MR) is 435 cm³/mol. The summed E-state index contributed by atoms with van der Waals surface area (Å²) in [4.78, 5) is 96.0. The Morgan fingerprint density at radius 2 is 0.729 bits per heavy atom. The van der Waals surface area contributed by atoms with Crippen LogP contribution >= 0.6 is 28.1 Å². The van der Waals surface area contributed by atoms with Crippen molar-refractivity contribution in [3.63, 3.8) is 0 Å². The average molecular weight is 1660 g/mol. The van der Waals surface area contributed by atoms with Crippen molar-refractivity contribution >= 4 is 104 Å². The quantitative estimate of drug-likeness (QED) is 0.0320. The highest BCUT2D eigenvalue weighted by Gasteiger charge is 2.53. The van der Waals surface area contributed by atoms with Crippen LogP contribution in [0.25, 0.3) is 33.8 Å². The highest BCUT2D eigenvalue weighted by Crippen LogP contribution is 2.47. The Hall–Kier alpha value is -12.4. The molecule has 31 nitrogen and oxygen atoms in total. The third kappa shape index (κ3) is 15.9. The van der Waals surface area contributed by atoms with Crippen molar-refractivity contribution in [3.8, 4) is 33.8 Å². The summed E-state index contributed by atoms with van der Waals surface area (Å²) in [7, 11) is -0.759. The van der Waals surface area contributed by atoms with E-state index in [0.717, 1.165) is 103 Å². The molecular weight excluding hydrogens is 1580 g/mol. The van der Waals surface area contributed by atoms with E-state index in [4.69, 9.17) is 71.3 Å². The second-order valence-electron chi connectivity index (χ2n) is 29.0. The number of amides is 3. The molecule has 3 saturated carbocycles. The van der Waals surface area contributed by atoms with Gasteiger partial charge in [0.2, 0.25) is 35.7 Å². The van der Waals surface area contributed by atoms with E-state index in [-0.39, 0.29) is 56.8 Å². The van der Waals surface area contributed by atoms with E-state index in [0.29, 0.717) is 106 Å². The molecule has 2 unspecified atom stereocenters. The van der Waals surface area contributed by atoms with E-state index in [1.807, 2.05) is 143 Å². The van der Waals surface area contributed by atoms with Crippen LogP contribution in [0.2, 0.25) is 5.15 Å². The summed E-state index contributed by atoms with van der Waals surface area (Å²) >= 11 is 6.67. The second kappa shape index (κ2) is 34.1. The van der Waals surface area contributed by atoms with Crippen molar-refractivity contribution in [1.82, 2.24) is 59.0 Å². The summed E-state index contributed by atoms with van der Waals surface area (Å²) in [5, 5.41) is 36.1. The van der Waals surface area contributed by atoms with E-state index < -0.39 is 34.4 Å². The number of nitrogens with one attached hydrogen (secondary N) is 2. The number of aromatic nitrogens is 9. The minimum atomic E-state index is -3.04. The fraction of sp³-hybridized carbons (Fsp3) is 0.259. The maximum absolute atomic E-state index is 13.7. The summed E-state index contributed by atoms with van der Waals surface area (Å²) in [5.74, 6) is 3.36. The fourth-order valence-electron chi connectivity index (χ4n) is 16.4. The molecule has 3 aliphatic carbocycles. The molecule has 0 radical (unpaired) electrons. The first kappa shape index (κ1) is 79.5. The number of guanidine groups is 3. The Morgan fingerprint density at radius 3 is 1.04 bits per heavy atom. The Bertz CT molecular complexity index is 5540. The molecule has 6 aromatic heterocycles. The van der Waals surface area contributed by atoms with Crippen molar-refractivity contribution in [2.75, 3.05) is 46.5 Å². The van der Waals surface area contributed by atoms with Crippen molar-refractivity contribution in [2.45, 2.75) is 114 Å². The van der Waals surface area contributed by atoms with Gasteiger partial charge in [0.1, 0.15) is 33.5 Å². The van der Waals surface area contributed by atoms with Crippen LogP contribution in [0.3, 0.4) is 0 Å². The van der Waals surface area contributed by atoms with Crippen LogP contribution in [0.4, 0.5) is 53.6 Å². The maximum atomic E-state index is 13.7. The van der Waals surface area contributed by atoms with Gasteiger partial charge in [-0.2, -0.15) is 28.5 Å². The number of para-hydroxylation sites is 2. The number of fused-ring (bicyclic) bond motifs is 15. The monoisotopic (exact) mass is 1660 g/mol. The predicted octanol–water partition coefficient (Wildman–Crippen LogP) is 13.6. The van der Waals surface area contributed by atoms with Gasteiger partial charge in [0, 0.05) is 61.4 Å². The van der Waals surface area contributed by atoms with E-state index >= 15 is 0 Å². The molecule has 5 aromatic carbocycles. The van der Waals surface area contributed by atoms with Crippen molar-refractivity contribution in [1.29, 1.82) is 0 Å². The smallest absolute Gasteiger partial charge is 0.521 e. The lowest BCUT2D eigenvalue weighted by Gasteiger charge is -2.34. The second-order valence-corrected chi connectivity index (χ2v) is 30.5. The molecule has 8 atom stereocenters. The molecule has 11 aromatic rings. The molecule has 606 valence electrons. The zero-order valence-electron chi connectivity index (χ0n) is 63.4. The minimum absolute atomic E-state index is 0. The van der Waals surface area contributed by atoms with Crippen LogP contribution in [-0.4, -0.2) is 163 Å². The van der Waals surface area contributed by atoms with Gasteiger partial charge in [-0.1, -0.05) is 139 Å². The van der Waals surface area contributed by atoms with E-state index in [1.54, 1.807) is 76.9 Å². The maximum Gasteiger partial charge on any atom is 0.521 e. The molecule has 20 rings (SSSR count). The van der Waals surface area contributed by atoms with Gasteiger partial charge in [-0.3, -0.25) is 43.8 Å². The molecule has 3 fully saturated rings. The molecule has 118 heavy (non-hydrogen) atoms. The number of carbonyl (C=O) groups excluding carboxylic acids is 3. The normalized spacial score (nSPS) is 19.5. The summed E-state index contributed by atoms with van der Waals surface area (Å²) in [6.45, 7) is 1.31. The third-order valence-electron chi connectivity index (χ3n) is 21.8. The lowest BCUT2D eigenvalue weighted by molar-refractivity contribution is -0.245. The lowest BCUT2D eigenvalue weighted by atomic mass is 10.1. The molecular formula is C81H78ClF3N20O11P2. The van der Waals surface area contributed by atoms with Gasteiger partial charge >= 0.3 is 16.5 Å². The number of anilines is 7. The van der Waals surface area contributed by atoms with Crippen molar-refractivity contribution in [2.24, 2.45) is 15.0 Å². The van der Waals surface area contributed by atoms with E-state index in [9.17, 15) is 27.6 Å². The summed E-state index contributed by atoms with van der Waals surface area (Å²) in [6, 6.07) is 58.5. The van der Waals surface area contributed by atoms with Gasteiger partial charge in [-0.05, 0) is 144 Å². The minimum Gasteiger partial charge on any atom is -0.565 e. The number of hydrogen-bond donors (Lipinski definition) is 4. The zero-order chi connectivity index (χ0) is 82.2. The molecule has 0 bridgehead atoms. The number of nitrogens with zero attached hydrogens (tertiary/aromatic N) is 18. The van der Waals surface area contributed by atoms with Crippen LogP contribution in [-0.2, 0) is 38.1 Å². The number of halogens is 4. The van der Waals surface area contributed by atoms with Crippen molar-refractivity contribution in [3.05, 3.63) is 244 Å². The number of benzene rings is 5. The highest BCUT2D eigenvalue weighted by molar-refractivity contribution is 7.30. The van der Waals surface area contributed by atoms with Crippen LogP contribution in [0.15, 0.2) is 203 Å². The number of hydrogen-bond acceptors (Lipinski definition) is 25. The topological polar surface area (TPSA) is 363 Å². The summed E-state index contributed by atoms with van der Waals surface area (Å²) in [5.41, 5.74) is 10.5. The molecule has 4 N–H and O–H groups in total. The largest absolute Gasteiger partial charge is 0.565 e. The van der Waals surface area contributed by atoms with Gasteiger partial charge in [0.25, 0.3) is 17.7 Å². The van der Waals surface area contributed by atoms with Gasteiger partial charge in [-0.25, -0.2) is 54.5 Å². The van der Waals surface area contributed by atoms with Gasteiger partial charge < -0.3 is 20.4 Å². The first-order valence-electron chi connectivity index (χ1n) is 37.8. The van der Waals surface area contributed by atoms with Crippen LogP contribution in [0.1, 0.15) is 108 Å². The summed E-state index contributed by atoms with van der Waals surface area (Å²) in [6.07, 6.45) is 9.55. The standard InChI is InChI=1S/2C29H26FN7O.C23H20ClFN6O.2HO4P.2H2/c2*1-35-28(38)25-26(31-20-7-3-2-4-8-20)36(34-27(25)37-23-11-5-10-22(23)33-29(35)37)17-18-13-15-19(16-14-18)21-9-6-12-24(30)32-21;1-29-22(32)19-20(24)30(28-21(19)31-17-6-2-5-16(17)27-23(29)31)12-13-8-10-14(11-9-13)15-4-3-7-18(25)26-15;2*1-4-5(2)3;;/h2*2-4,6-9,12-16,22-23,31H,5,10-11,17H2,1H3;3-4,7-11,16-17H,2,5-6,12H2,1H3;2*1H;2*1H/t2*22-,23+;16-,17+;;;;/m111..../s1. The first-order chi connectivity index (χ1) is 57.2. The van der Waals surface area contributed by atoms with Crippen LogP contribution in [0.5, 0.6) is 0 Å². The number of pyridine rings is 3. The van der Waals surface area contributed by atoms with Gasteiger partial charge in [0.05, 0.1) is 73.0 Å². The molecule has 0 saturated heterocycles. The zero-order valence-corrected chi connectivity index (χ0v) is 65.9. The Labute approximate surface area is 682 Å². The molecule has 3 amide bonds. The van der Waals surface area contributed by atoms with Gasteiger partial charge in [-0.15, -0.1) is 0 Å². The van der Waals surface area contributed by atoms with Gasteiger partial charge in [0.15, 0.2) is 17.5 Å². The first-order valence-corrected chi connectivity index (χ1v) is 40.4. The Balaban J connectivity index is 0.000000139.